The van der Waals surface area contributed by atoms with Gasteiger partial charge in [0, 0.05) is 18.4 Å². The second-order valence-electron chi connectivity index (χ2n) is 4.19. The number of carbonyl (C=O) groups is 2. The third-order valence-electron chi connectivity index (χ3n) is 3.36. The average Bonchev–Trinajstić information content (AvgIpc) is 2.25. The zero-order valence-electron chi connectivity index (χ0n) is 8.68. The second-order valence-corrected chi connectivity index (χ2v) is 4.19. The number of methoxy groups -OCH3 is 1. The van der Waals surface area contributed by atoms with Gasteiger partial charge in [-0.1, -0.05) is 0 Å². The van der Waals surface area contributed by atoms with E-state index in [1.807, 2.05) is 0 Å². The Hall–Kier alpha value is -1.10. The van der Waals surface area contributed by atoms with E-state index in [0.717, 1.165) is 0 Å². The van der Waals surface area contributed by atoms with Gasteiger partial charge >= 0.3 is 6.09 Å². The van der Waals surface area contributed by atoms with Crippen LogP contribution in [-0.2, 0) is 9.53 Å². The van der Waals surface area contributed by atoms with Crippen LogP contribution < -0.4 is 0 Å². The predicted octanol–water partition coefficient (Wildman–Crippen LogP) is 0.167. The maximum atomic E-state index is 11.5. The third-order valence-corrected chi connectivity index (χ3v) is 3.36. The van der Waals surface area contributed by atoms with Crippen molar-refractivity contribution in [3.05, 3.63) is 0 Å². The standard InChI is InChI=1S/C10H15NO4/c1-15-10(14)11-5-9(13)7-4-6(11)2-3-8(7)12/h6-7,9,13H,2-5H2,1H3/t6-,7-,9-/m0/s1. The molecular weight excluding hydrogens is 198 g/mol. The SMILES string of the molecule is COC(=O)N1C[C@H](O)[C@H]2C[C@@H]1CCC2=O. The van der Waals surface area contributed by atoms with Crippen molar-refractivity contribution in [2.24, 2.45) is 5.92 Å². The lowest BCUT2D eigenvalue weighted by Crippen LogP contribution is -2.56. The molecule has 1 aliphatic heterocycles. The van der Waals surface area contributed by atoms with Crippen LogP contribution in [0, 0.1) is 5.92 Å². The summed E-state index contributed by atoms with van der Waals surface area (Å²) in [5, 5.41) is 9.74. The van der Waals surface area contributed by atoms with E-state index < -0.39 is 12.2 Å². The summed E-state index contributed by atoms with van der Waals surface area (Å²) in [5.41, 5.74) is 0. The van der Waals surface area contributed by atoms with Crippen molar-refractivity contribution in [1.29, 1.82) is 0 Å². The second kappa shape index (κ2) is 3.81. The van der Waals surface area contributed by atoms with Gasteiger partial charge in [0.1, 0.15) is 5.78 Å². The summed E-state index contributed by atoms with van der Waals surface area (Å²) < 4.78 is 4.65. The first-order chi connectivity index (χ1) is 7.13. The number of Topliss-reactive ketones (excluding diaryl/α,β-unsaturated/α-hetero) is 1. The van der Waals surface area contributed by atoms with Crippen molar-refractivity contribution < 1.29 is 19.4 Å². The summed E-state index contributed by atoms with van der Waals surface area (Å²) in [5.74, 6) is -0.145. The molecule has 0 unspecified atom stereocenters. The summed E-state index contributed by atoms with van der Waals surface area (Å²) in [7, 11) is 1.33. The molecule has 3 atom stereocenters. The van der Waals surface area contributed by atoms with E-state index in [1.165, 1.54) is 12.0 Å². The van der Waals surface area contributed by atoms with E-state index in [-0.39, 0.29) is 24.3 Å². The number of hydrogen-bond acceptors (Lipinski definition) is 4. The minimum absolute atomic E-state index is 0.0588. The highest BCUT2D eigenvalue weighted by Crippen LogP contribution is 2.32. The number of likely N-dealkylation sites (tertiary alicyclic amines) is 1. The van der Waals surface area contributed by atoms with Gasteiger partial charge in [-0.3, -0.25) is 4.79 Å². The molecule has 1 amide bonds. The van der Waals surface area contributed by atoms with E-state index in [4.69, 9.17) is 0 Å². The Morgan fingerprint density at radius 2 is 2.33 bits per heavy atom. The zero-order chi connectivity index (χ0) is 11.0. The van der Waals surface area contributed by atoms with Crippen LogP contribution in [0.15, 0.2) is 0 Å². The number of aliphatic hydroxyl groups is 1. The number of carbonyl (C=O) groups excluding carboxylic acids is 2. The molecule has 15 heavy (non-hydrogen) atoms. The van der Waals surface area contributed by atoms with Gasteiger partial charge < -0.3 is 14.7 Å². The first-order valence-corrected chi connectivity index (χ1v) is 5.19. The number of nitrogens with zero attached hydrogens (tertiary/aromatic N) is 1. The lowest BCUT2D eigenvalue weighted by atomic mass is 9.77. The average molecular weight is 213 g/mol. The molecule has 2 bridgehead atoms. The molecule has 0 aromatic carbocycles. The Morgan fingerprint density at radius 1 is 1.60 bits per heavy atom. The molecule has 2 fully saturated rings. The molecule has 5 heteroatoms. The Kier molecular flexibility index (Phi) is 2.65. The molecule has 84 valence electrons. The summed E-state index contributed by atoms with van der Waals surface area (Å²) in [4.78, 5) is 24.4. The molecule has 0 spiro atoms. The first-order valence-electron chi connectivity index (χ1n) is 5.19. The number of ketones is 1. The van der Waals surface area contributed by atoms with E-state index in [9.17, 15) is 14.7 Å². The van der Waals surface area contributed by atoms with Crippen LogP contribution in [0.25, 0.3) is 0 Å². The van der Waals surface area contributed by atoms with Crippen molar-refractivity contribution in [3.63, 3.8) is 0 Å². The summed E-state index contributed by atoms with van der Waals surface area (Å²) >= 11 is 0. The molecule has 5 nitrogen and oxygen atoms in total. The van der Waals surface area contributed by atoms with E-state index >= 15 is 0 Å². The molecule has 1 N–H and O–H groups in total. The topological polar surface area (TPSA) is 66.8 Å². The fourth-order valence-corrected chi connectivity index (χ4v) is 2.51. The van der Waals surface area contributed by atoms with Crippen molar-refractivity contribution in [2.45, 2.75) is 31.4 Å². The molecule has 2 aliphatic rings. The van der Waals surface area contributed by atoms with Gasteiger partial charge in [0.15, 0.2) is 0 Å². The van der Waals surface area contributed by atoms with Gasteiger partial charge in [0.25, 0.3) is 0 Å². The van der Waals surface area contributed by atoms with Crippen LogP contribution in [0.2, 0.25) is 0 Å². The fraction of sp³-hybridized carbons (Fsp3) is 0.800. The molecule has 1 saturated carbocycles. The van der Waals surface area contributed by atoms with Gasteiger partial charge in [0.2, 0.25) is 0 Å². The van der Waals surface area contributed by atoms with Gasteiger partial charge in [0.05, 0.1) is 19.8 Å². The number of piperidine rings is 1. The summed E-state index contributed by atoms with van der Waals surface area (Å²) in [6.07, 6.45) is 0.589. The Labute approximate surface area is 88.0 Å². The molecule has 0 aromatic heterocycles. The largest absolute Gasteiger partial charge is 0.453 e. The van der Waals surface area contributed by atoms with Crippen molar-refractivity contribution >= 4 is 11.9 Å². The Morgan fingerprint density at radius 3 is 3.00 bits per heavy atom. The van der Waals surface area contributed by atoms with Crippen molar-refractivity contribution in [1.82, 2.24) is 4.90 Å². The lowest BCUT2D eigenvalue weighted by Gasteiger charge is -2.43. The van der Waals surface area contributed by atoms with Crippen LogP contribution >= 0.6 is 0 Å². The number of rotatable bonds is 0. The van der Waals surface area contributed by atoms with E-state index in [1.54, 1.807) is 0 Å². The molecule has 1 aliphatic carbocycles. The zero-order valence-corrected chi connectivity index (χ0v) is 8.68. The van der Waals surface area contributed by atoms with Gasteiger partial charge in [-0.15, -0.1) is 0 Å². The van der Waals surface area contributed by atoms with Crippen molar-refractivity contribution in [3.8, 4) is 0 Å². The number of aliphatic hydroxyl groups excluding tert-OH is 1. The van der Waals surface area contributed by atoms with Crippen LogP contribution in [0.3, 0.4) is 0 Å². The molecule has 1 heterocycles. The number of ether oxygens (including phenoxy) is 1. The minimum atomic E-state index is -0.729. The van der Waals surface area contributed by atoms with Crippen LogP contribution in [0.5, 0.6) is 0 Å². The number of fused-ring (bicyclic) bond motifs is 2. The minimum Gasteiger partial charge on any atom is -0.453 e. The molecule has 1 saturated heterocycles. The Balaban J connectivity index is 2.13. The number of hydrogen-bond donors (Lipinski definition) is 1. The monoisotopic (exact) mass is 213 g/mol. The van der Waals surface area contributed by atoms with E-state index in [0.29, 0.717) is 19.3 Å². The summed E-state index contributed by atoms with van der Waals surface area (Å²) in [6, 6.07) is 0.0588. The maximum Gasteiger partial charge on any atom is 0.409 e. The quantitative estimate of drug-likeness (QED) is 0.622. The van der Waals surface area contributed by atoms with Crippen molar-refractivity contribution in [2.75, 3.05) is 13.7 Å². The van der Waals surface area contributed by atoms with Gasteiger partial charge in [-0.05, 0) is 12.8 Å². The molecule has 0 aromatic rings. The van der Waals surface area contributed by atoms with E-state index in [2.05, 4.69) is 4.74 Å². The molecule has 2 rings (SSSR count). The van der Waals surface area contributed by atoms with Gasteiger partial charge in [-0.25, -0.2) is 4.79 Å². The molecule has 0 radical (unpaired) electrons. The normalized spacial score (nSPS) is 35.2. The summed E-state index contributed by atoms with van der Waals surface area (Å²) in [6.45, 7) is 0.216. The smallest absolute Gasteiger partial charge is 0.409 e. The highest BCUT2D eigenvalue weighted by molar-refractivity contribution is 5.83. The van der Waals surface area contributed by atoms with Crippen LogP contribution in [-0.4, -0.2) is 47.7 Å². The number of β-amino-alcohol motifs (C(OH)–C–C–N with tert-alkyl or cyclic N) is 1. The highest BCUT2D eigenvalue weighted by Gasteiger charge is 2.43. The van der Waals surface area contributed by atoms with Crippen LogP contribution in [0.4, 0.5) is 4.79 Å². The first kappa shape index (κ1) is 10.4. The Bertz CT molecular complexity index is 291. The predicted molar refractivity (Wildman–Crippen MR) is 51.3 cm³/mol. The highest BCUT2D eigenvalue weighted by atomic mass is 16.5. The molecular formula is C10H15NO4. The lowest BCUT2D eigenvalue weighted by molar-refractivity contribution is -0.135. The van der Waals surface area contributed by atoms with Gasteiger partial charge in [-0.2, -0.15) is 0 Å². The van der Waals surface area contributed by atoms with Crippen LogP contribution in [0.1, 0.15) is 19.3 Å². The number of amides is 1. The third kappa shape index (κ3) is 1.71. The fourth-order valence-electron chi connectivity index (χ4n) is 2.51. The maximum absolute atomic E-state index is 11.5.